The SMILES string of the molecule is Nc1cc(-c2cnn3ccncc23)nn1CCO. The number of fused-ring (bicyclic) bond motifs is 1. The molecule has 3 aromatic rings. The van der Waals surface area contributed by atoms with E-state index in [1.807, 2.05) is 0 Å². The highest BCUT2D eigenvalue weighted by atomic mass is 16.3. The second-order valence-electron chi connectivity index (χ2n) is 3.87. The maximum Gasteiger partial charge on any atom is 0.122 e. The van der Waals surface area contributed by atoms with Crippen LogP contribution in [0.25, 0.3) is 16.8 Å². The van der Waals surface area contributed by atoms with Crippen LogP contribution in [0.3, 0.4) is 0 Å². The van der Waals surface area contributed by atoms with Crippen molar-refractivity contribution < 1.29 is 5.11 Å². The number of aliphatic hydroxyl groups is 1. The predicted octanol–water partition coefficient (Wildman–Crippen LogP) is 0.167. The summed E-state index contributed by atoms with van der Waals surface area (Å²) in [6, 6.07) is 1.76. The van der Waals surface area contributed by atoms with Crippen molar-refractivity contribution in [3.8, 4) is 11.3 Å². The first-order valence-corrected chi connectivity index (χ1v) is 5.51. The van der Waals surface area contributed by atoms with Crippen LogP contribution in [-0.2, 0) is 6.54 Å². The van der Waals surface area contributed by atoms with Gasteiger partial charge in [-0.15, -0.1) is 0 Å². The Morgan fingerprint density at radius 3 is 3.06 bits per heavy atom. The Labute approximate surface area is 102 Å². The lowest BCUT2D eigenvalue weighted by atomic mass is 10.2. The second-order valence-corrected chi connectivity index (χ2v) is 3.87. The van der Waals surface area contributed by atoms with Gasteiger partial charge in [-0.3, -0.25) is 4.98 Å². The first kappa shape index (κ1) is 10.7. The van der Waals surface area contributed by atoms with Crippen molar-refractivity contribution in [1.82, 2.24) is 24.4 Å². The number of nitrogens with zero attached hydrogens (tertiary/aromatic N) is 5. The quantitative estimate of drug-likeness (QED) is 0.684. The molecular weight excluding hydrogens is 232 g/mol. The molecule has 0 spiro atoms. The van der Waals surface area contributed by atoms with Crippen LogP contribution >= 0.6 is 0 Å². The third-order valence-electron chi connectivity index (χ3n) is 2.72. The standard InChI is InChI=1S/C11H12N6O/c12-11-5-9(15-17(11)3-4-18)8-6-14-16-2-1-13-7-10(8)16/h1-2,5-7,18H,3-4,12H2. The van der Waals surface area contributed by atoms with E-state index in [0.29, 0.717) is 12.4 Å². The number of hydrogen-bond acceptors (Lipinski definition) is 5. The summed E-state index contributed by atoms with van der Waals surface area (Å²) in [4.78, 5) is 4.07. The highest BCUT2D eigenvalue weighted by molar-refractivity contribution is 5.77. The van der Waals surface area contributed by atoms with Gasteiger partial charge in [0.15, 0.2) is 0 Å². The van der Waals surface area contributed by atoms with E-state index in [9.17, 15) is 0 Å². The fourth-order valence-corrected chi connectivity index (χ4v) is 1.87. The van der Waals surface area contributed by atoms with Crippen LogP contribution < -0.4 is 5.73 Å². The molecule has 0 saturated carbocycles. The van der Waals surface area contributed by atoms with Gasteiger partial charge in [0.25, 0.3) is 0 Å². The van der Waals surface area contributed by atoms with Crippen LogP contribution in [0, 0.1) is 0 Å². The van der Waals surface area contributed by atoms with E-state index >= 15 is 0 Å². The fraction of sp³-hybridized carbons (Fsp3) is 0.182. The molecule has 3 heterocycles. The molecular formula is C11H12N6O. The molecule has 0 fully saturated rings. The summed E-state index contributed by atoms with van der Waals surface area (Å²) in [6.07, 6.45) is 6.89. The fourth-order valence-electron chi connectivity index (χ4n) is 1.87. The molecule has 18 heavy (non-hydrogen) atoms. The van der Waals surface area contributed by atoms with Gasteiger partial charge in [0, 0.05) is 24.0 Å². The van der Waals surface area contributed by atoms with Crippen molar-refractivity contribution in [3.63, 3.8) is 0 Å². The largest absolute Gasteiger partial charge is 0.394 e. The Hall–Kier alpha value is -2.41. The van der Waals surface area contributed by atoms with E-state index in [4.69, 9.17) is 10.8 Å². The lowest BCUT2D eigenvalue weighted by molar-refractivity contribution is 0.270. The van der Waals surface area contributed by atoms with E-state index in [0.717, 1.165) is 16.8 Å². The number of rotatable bonds is 3. The normalized spacial score (nSPS) is 11.2. The average molecular weight is 244 g/mol. The van der Waals surface area contributed by atoms with Gasteiger partial charge >= 0.3 is 0 Å². The molecule has 0 aliphatic heterocycles. The Balaban J connectivity index is 2.11. The highest BCUT2D eigenvalue weighted by Gasteiger charge is 2.11. The summed E-state index contributed by atoms with van der Waals surface area (Å²) in [7, 11) is 0. The molecule has 0 bridgehead atoms. The van der Waals surface area contributed by atoms with Crippen molar-refractivity contribution in [2.24, 2.45) is 0 Å². The smallest absolute Gasteiger partial charge is 0.122 e. The summed E-state index contributed by atoms with van der Waals surface area (Å²) in [5, 5.41) is 17.5. The molecule has 7 nitrogen and oxygen atoms in total. The Kier molecular flexibility index (Phi) is 2.45. The average Bonchev–Trinajstić information content (AvgIpc) is 2.94. The Bertz CT molecular complexity index is 686. The minimum atomic E-state index is 0.00162. The topological polar surface area (TPSA) is 94.3 Å². The van der Waals surface area contributed by atoms with Gasteiger partial charge in [-0.1, -0.05) is 0 Å². The molecule has 0 amide bonds. The molecule has 7 heteroatoms. The zero-order valence-electron chi connectivity index (χ0n) is 9.56. The highest BCUT2D eigenvalue weighted by Crippen LogP contribution is 2.24. The van der Waals surface area contributed by atoms with E-state index in [2.05, 4.69) is 15.2 Å². The number of hydrogen-bond donors (Lipinski definition) is 2. The van der Waals surface area contributed by atoms with Crippen LogP contribution in [0.4, 0.5) is 5.82 Å². The molecule has 0 atom stereocenters. The molecule has 0 unspecified atom stereocenters. The van der Waals surface area contributed by atoms with Gasteiger partial charge in [-0.2, -0.15) is 10.2 Å². The van der Waals surface area contributed by atoms with Crippen molar-refractivity contribution in [2.45, 2.75) is 6.54 Å². The minimum absolute atomic E-state index is 0.00162. The Morgan fingerprint density at radius 1 is 1.33 bits per heavy atom. The summed E-state index contributed by atoms with van der Waals surface area (Å²) in [5.41, 5.74) is 8.28. The lowest BCUT2D eigenvalue weighted by Crippen LogP contribution is -2.07. The number of aromatic nitrogens is 5. The molecule has 0 aliphatic carbocycles. The predicted molar refractivity (Wildman–Crippen MR) is 65.7 cm³/mol. The lowest BCUT2D eigenvalue weighted by Gasteiger charge is -1.98. The number of aliphatic hydroxyl groups excluding tert-OH is 1. The first-order valence-electron chi connectivity index (χ1n) is 5.51. The van der Waals surface area contributed by atoms with Crippen LogP contribution in [0.1, 0.15) is 0 Å². The van der Waals surface area contributed by atoms with Crippen molar-refractivity contribution in [2.75, 3.05) is 12.3 Å². The summed E-state index contributed by atoms with van der Waals surface area (Å²) >= 11 is 0. The first-order chi connectivity index (χ1) is 8.79. The monoisotopic (exact) mass is 244 g/mol. The molecule has 0 saturated heterocycles. The van der Waals surface area contributed by atoms with Crippen molar-refractivity contribution in [3.05, 3.63) is 30.9 Å². The molecule has 3 aromatic heterocycles. The van der Waals surface area contributed by atoms with Crippen molar-refractivity contribution >= 4 is 11.3 Å². The summed E-state index contributed by atoms with van der Waals surface area (Å²) in [5.74, 6) is 0.516. The minimum Gasteiger partial charge on any atom is -0.394 e. The summed E-state index contributed by atoms with van der Waals surface area (Å²) in [6.45, 7) is 0.380. The molecule has 3 rings (SSSR count). The van der Waals surface area contributed by atoms with Gasteiger partial charge < -0.3 is 10.8 Å². The van der Waals surface area contributed by atoms with Crippen LogP contribution in [0.15, 0.2) is 30.9 Å². The number of nitrogens with two attached hydrogens (primary N) is 1. The van der Waals surface area contributed by atoms with E-state index in [1.165, 1.54) is 0 Å². The molecule has 0 aliphatic rings. The van der Waals surface area contributed by atoms with Gasteiger partial charge in [0.05, 0.1) is 36.8 Å². The van der Waals surface area contributed by atoms with Crippen molar-refractivity contribution in [1.29, 1.82) is 0 Å². The molecule has 3 N–H and O–H groups in total. The maximum absolute atomic E-state index is 8.91. The van der Waals surface area contributed by atoms with Crippen LogP contribution in [0.2, 0.25) is 0 Å². The summed E-state index contributed by atoms with van der Waals surface area (Å²) < 4.78 is 3.29. The zero-order valence-corrected chi connectivity index (χ0v) is 9.56. The van der Waals surface area contributed by atoms with E-state index in [-0.39, 0.29) is 6.61 Å². The molecule has 92 valence electrons. The van der Waals surface area contributed by atoms with E-state index < -0.39 is 0 Å². The van der Waals surface area contributed by atoms with Gasteiger partial charge in [-0.25, -0.2) is 9.20 Å². The second kappa shape index (κ2) is 4.11. The van der Waals surface area contributed by atoms with Crippen LogP contribution in [-0.4, -0.2) is 36.1 Å². The third kappa shape index (κ3) is 1.61. The van der Waals surface area contributed by atoms with Gasteiger partial charge in [0.1, 0.15) is 5.82 Å². The molecule has 0 radical (unpaired) electrons. The third-order valence-corrected chi connectivity index (χ3v) is 2.72. The van der Waals surface area contributed by atoms with Crippen LogP contribution in [0.5, 0.6) is 0 Å². The Morgan fingerprint density at radius 2 is 2.22 bits per heavy atom. The molecule has 0 aromatic carbocycles. The van der Waals surface area contributed by atoms with Gasteiger partial charge in [-0.05, 0) is 0 Å². The zero-order chi connectivity index (χ0) is 12.5. The number of anilines is 1. The maximum atomic E-state index is 8.91. The van der Waals surface area contributed by atoms with E-state index in [1.54, 1.807) is 40.1 Å². The van der Waals surface area contributed by atoms with Gasteiger partial charge in [0.2, 0.25) is 0 Å². The number of nitrogen functional groups attached to an aromatic ring is 1.